The fourth-order valence-electron chi connectivity index (χ4n) is 3.94. The van der Waals surface area contributed by atoms with Crippen LogP contribution in [0.3, 0.4) is 0 Å². The summed E-state index contributed by atoms with van der Waals surface area (Å²) in [7, 11) is 1.58. The summed E-state index contributed by atoms with van der Waals surface area (Å²) >= 11 is 0. The van der Waals surface area contributed by atoms with Crippen molar-refractivity contribution in [1.29, 1.82) is 0 Å². The highest BCUT2D eigenvalue weighted by atomic mass is 19.2. The van der Waals surface area contributed by atoms with Crippen molar-refractivity contribution in [2.45, 2.75) is 52.1 Å². The minimum Gasteiger partial charge on any atom is -0.495 e. The summed E-state index contributed by atoms with van der Waals surface area (Å²) in [5, 5.41) is 2.96. The predicted octanol–water partition coefficient (Wildman–Crippen LogP) is 5.42. The molecular weight excluding hydrogens is 483 g/mol. The number of hydrogen-bond donors (Lipinski definition) is 2. The van der Waals surface area contributed by atoms with Crippen molar-refractivity contribution in [1.82, 2.24) is 15.7 Å². The number of nitrogens with zero attached hydrogens (tertiary/aromatic N) is 3. The van der Waals surface area contributed by atoms with E-state index in [4.69, 9.17) is 14.6 Å². The van der Waals surface area contributed by atoms with E-state index in [9.17, 15) is 13.2 Å². The topological polar surface area (TPSA) is 70.5 Å². The number of ether oxygens (including phenoxy) is 1. The monoisotopic (exact) mass is 517 g/mol. The van der Waals surface area contributed by atoms with Crippen molar-refractivity contribution in [3.63, 3.8) is 0 Å². The lowest BCUT2D eigenvalue weighted by Gasteiger charge is -2.39. The first-order valence-corrected chi connectivity index (χ1v) is 12.2. The minimum atomic E-state index is -1.49. The van der Waals surface area contributed by atoms with E-state index in [2.05, 4.69) is 22.4 Å². The normalized spacial score (nSPS) is 20.1. The molecule has 2 N–H and O–H groups in total. The van der Waals surface area contributed by atoms with Gasteiger partial charge in [0.05, 0.1) is 37.8 Å². The molecule has 3 rings (SSSR count). The van der Waals surface area contributed by atoms with E-state index in [-0.39, 0.29) is 18.2 Å². The van der Waals surface area contributed by atoms with Crippen LogP contribution < -0.4 is 10.8 Å². The second-order valence-electron chi connectivity index (χ2n) is 8.85. The number of guanidine groups is 1. The maximum absolute atomic E-state index is 14.0. The molecule has 0 saturated carbocycles. The van der Waals surface area contributed by atoms with Gasteiger partial charge in [-0.2, -0.15) is 0 Å². The van der Waals surface area contributed by atoms with Crippen LogP contribution in [0.25, 0.3) is 0 Å². The smallest absolute Gasteiger partial charge is 0.219 e. The van der Waals surface area contributed by atoms with Crippen LogP contribution in [0.15, 0.2) is 69.7 Å². The number of benzene rings is 1. The Morgan fingerprint density at radius 2 is 2.08 bits per heavy atom. The third kappa shape index (κ3) is 7.25. The van der Waals surface area contributed by atoms with E-state index in [1.165, 1.54) is 0 Å². The second-order valence-corrected chi connectivity index (χ2v) is 8.85. The number of hydroxylamine groups is 1. The summed E-state index contributed by atoms with van der Waals surface area (Å²) in [6.45, 7) is 10.3. The average Bonchev–Trinajstić information content (AvgIpc) is 3.08. The van der Waals surface area contributed by atoms with Crippen molar-refractivity contribution in [2.75, 3.05) is 20.3 Å². The number of aliphatic imine (C=N–C) groups is 2. The Labute approximate surface area is 216 Å². The van der Waals surface area contributed by atoms with Gasteiger partial charge in [-0.3, -0.25) is 4.84 Å². The minimum absolute atomic E-state index is 0.111. The zero-order valence-electron chi connectivity index (χ0n) is 21.7. The van der Waals surface area contributed by atoms with Crippen LogP contribution in [-0.2, 0) is 9.57 Å². The molecule has 0 radical (unpaired) electrons. The summed E-state index contributed by atoms with van der Waals surface area (Å²) in [4.78, 5) is 16.7. The van der Waals surface area contributed by atoms with Crippen LogP contribution in [0.4, 0.5) is 13.2 Å². The van der Waals surface area contributed by atoms with E-state index in [0.717, 1.165) is 41.9 Å². The second kappa shape index (κ2) is 13.1. The Morgan fingerprint density at radius 3 is 2.73 bits per heavy atom. The molecule has 1 fully saturated rings. The molecule has 37 heavy (non-hydrogen) atoms. The number of rotatable bonds is 10. The maximum Gasteiger partial charge on any atom is 0.219 e. The van der Waals surface area contributed by atoms with Crippen LogP contribution in [0, 0.1) is 17.5 Å². The number of halogens is 3. The van der Waals surface area contributed by atoms with Gasteiger partial charge in [-0.25, -0.2) is 28.6 Å². The largest absolute Gasteiger partial charge is 0.495 e. The van der Waals surface area contributed by atoms with E-state index >= 15 is 0 Å². The Bertz CT molecular complexity index is 1120. The van der Waals surface area contributed by atoms with Crippen LogP contribution in [0.5, 0.6) is 0 Å². The van der Waals surface area contributed by atoms with Gasteiger partial charge in [0, 0.05) is 18.7 Å². The van der Waals surface area contributed by atoms with E-state index < -0.39 is 23.5 Å². The molecule has 2 unspecified atom stereocenters. The number of methoxy groups -OCH3 is 1. The first kappa shape index (κ1) is 28.0. The summed E-state index contributed by atoms with van der Waals surface area (Å²) < 4.78 is 47.2. The number of unbranched alkanes of at least 4 members (excludes halogenated alkanes) is 1. The molecule has 0 amide bonds. The lowest BCUT2D eigenvalue weighted by molar-refractivity contribution is 0.00145. The molecule has 1 aromatic rings. The van der Waals surface area contributed by atoms with Gasteiger partial charge >= 0.3 is 0 Å². The van der Waals surface area contributed by atoms with Crippen molar-refractivity contribution >= 4 is 12.3 Å². The van der Waals surface area contributed by atoms with E-state index in [1.54, 1.807) is 13.4 Å². The highest BCUT2D eigenvalue weighted by Crippen LogP contribution is 2.28. The Morgan fingerprint density at radius 1 is 1.35 bits per heavy atom. The van der Waals surface area contributed by atoms with Crippen molar-refractivity contribution in [3.05, 3.63) is 82.7 Å². The first-order valence-electron chi connectivity index (χ1n) is 12.2. The van der Waals surface area contributed by atoms with Gasteiger partial charge in [0.2, 0.25) is 5.96 Å². The molecule has 1 aliphatic heterocycles. The SMILES string of the molecule is C=C(C)NC=NC1=C(OC)C=C(C(C)N=C2NOCC(c3cc(F)c(F)c(F)c3)N2CCCC)C=CC1. The van der Waals surface area contributed by atoms with Gasteiger partial charge in [0.25, 0.3) is 0 Å². The first-order chi connectivity index (χ1) is 17.7. The molecule has 0 bridgehead atoms. The van der Waals surface area contributed by atoms with Crippen molar-refractivity contribution in [3.8, 4) is 0 Å². The van der Waals surface area contributed by atoms with Crippen molar-refractivity contribution < 1.29 is 22.7 Å². The molecule has 7 nitrogen and oxygen atoms in total. The van der Waals surface area contributed by atoms with Crippen LogP contribution >= 0.6 is 0 Å². The van der Waals surface area contributed by atoms with Crippen LogP contribution in [0.2, 0.25) is 0 Å². The number of allylic oxidation sites excluding steroid dienone is 3. The van der Waals surface area contributed by atoms with Crippen LogP contribution in [-0.4, -0.2) is 43.5 Å². The number of hydrogen-bond acceptors (Lipinski definition) is 4. The van der Waals surface area contributed by atoms with Gasteiger partial charge < -0.3 is 15.0 Å². The predicted molar refractivity (Wildman–Crippen MR) is 139 cm³/mol. The van der Waals surface area contributed by atoms with Gasteiger partial charge in [-0.15, -0.1) is 0 Å². The zero-order valence-corrected chi connectivity index (χ0v) is 21.7. The van der Waals surface area contributed by atoms with Gasteiger partial charge in [0.15, 0.2) is 17.5 Å². The lowest BCUT2D eigenvalue weighted by atomic mass is 10.0. The van der Waals surface area contributed by atoms with E-state index in [0.29, 0.717) is 24.7 Å². The third-order valence-corrected chi connectivity index (χ3v) is 5.95. The summed E-state index contributed by atoms with van der Waals surface area (Å²) in [6, 6.07) is 1.15. The highest BCUT2D eigenvalue weighted by molar-refractivity contribution is 5.80. The molecule has 1 heterocycles. The fourth-order valence-corrected chi connectivity index (χ4v) is 3.94. The number of nitrogens with one attached hydrogen (secondary N) is 2. The highest BCUT2D eigenvalue weighted by Gasteiger charge is 2.30. The van der Waals surface area contributed by atoms with Gasteiger partial charge in [-0.05, 0) is 49.6 Å². The van der Waals surface area contributed by atoms with Crippen molar-refractivity contribution in [2.24, 2.45) is 9.98 Å². The molecule has 200 valence electrons. The Kier molecular flexibility index (Phi) is 9.96. The third-order valence-electron chi connectivity index (χ3n) is 5.95. The molecule has 0 aromatic heterocycles. The quantitative estimate of drug-likeness (QED) is 0.246. The standard InChI is InChI=1S/C27H34F3N5O2/c1-6-7-11-35-24(20-12-21(28)26(30)22(29)13-20)15-37-34-27(35)33-18(4)19-9-8-10-23(25(14-19)36-5)32-16-31-17(2)3/h8-9,12-14,16,18,24H,2,6-7,10-11,15H2,1,3-5H3,(H,31,32)(H,33,34). The zero-order chi connectivity index (χ0) is 26.9. The molecule has 2 atom stereocenters. The average molecular weight is 518 g/mol. The Hall–Kier alpha value is -3.53. The van der Waals surface area contributed by atoms with Gasteiger partial charge in [-0.1, -0.05) is 32.1 Å². The molecule has 2 aliphatic rings. The maximum atomic E-state index is 14.0. The van der Waals surface area contributed by atoms with Gasteiger partial charge in [0.1, 0.15) is 5.76 Å². The molecule has 10 heteroatoms. The lowest BCUT2D eigenvalue weighted by Crippen LogP contribution is -2.51. The Balaban J connectivity index is 1.92. The fraction of sp³-hybridized carbons (Fsp3) is 0.407. The molecule has 1 saturated heterocycles. The summed E-state index contributed by atoms with van der Waals surface area (Å²) in [5.41, 5.74) is 5.52. The molecule has 0 spiro atoms. The summed E-state index contributed by atoms with van der Waals surface area (Å²) in [6.07, 6.45) is 9.68. The molecule has 1 aliphatic carbocycles. The van der Waals surface area contributed by atoms with E-state index in [1.807, 2.05) is 43.9 Å². The van der Waals surface area contributed by atoms with Crippen LogP contribution in [0.1, 0.15) is 51.6 Å². The molecule has 1 aromatic carbocycles. The summed E-state index contributed by atoms with van der Waals surface area (Å²) in [5.74, 6) is -2.93. The molecular formula is C27H34F3N5O2.